The Hall–Kier alpha value is -1.57. The van der Waals surface area contributed by atoms with Gasteiger partial charge in [0, 0.05) is 10.6 Å². The van der Waals surface area contributed by atoms with Crippen LogP contribution in [0.25, 0.3) is 6.08 Å². The summed E-state index contributed by atoms with van der Waals surface area (Å²) in [6.07, 6.45) is 3.24. The van der Waals surface area contributed by atoms with Crippen LogP contribution >= 0.6 is 23.2 Å². The second-order valence-corrected chi connectivity index (χ2v) is 4.57. The molecule has 0 aromatic heterocycles. The predicted octanol–water partition coefficient (Wildman–Crippen LogP) is 4.89. The number of halogens is 2. The molecule has 2 rings (SSSR count). The zero-order valence-corrected chi connectivity index (χ0v) is 10.9. The van der Waals surface area contributed by atoms with E-state index in [0.29, 0.717) is 15.6 Å². The SMILES string of the molecule is O=C(/C=C/c1ccc(Cl)cc1)c1ccccc1Cl. The van der Waals surface area contributed by atoms with Crippen LogP contribution in [0.15, 0.2) is 54.6 Å². The zero-order valence-electron chi connectivity index (χ0n) is 9.44. The Labute approximate surface area is 116 Å². The molecule has 90 valence electrons. The number of ketones is 1. The Morgan fingerprint density at radius 2 is 1.61 bits per heavy atom. The summed E-state index contributed by atoms with van der Waals surface area (Å²) < 4.78 is 0. The van der Waals surface area contributed by atoms with Gasteiger partial charge in [-0.1, -0.05) is 53.5 Å². The minimum absolute atomic E-state index is 0.115. The van der Waals surface area contributed by atoms with Gasteiger partial charge in [0.05, 0.1) is 5.02 Å². The molecule has 0 bridgehead atoms. The first-order chi connectivity index (χ1) is 8.66. The van der Waals surface area contributed by atoms with Gasteiger partial charge in [-0.05, 0) is 35.9 Å². The summed E-state index contributed by atoms with van der Waals surface area (Å²) in [5.74, 6) is -0.115. The third-order valence-electron chi connectivity index (χ3n) is 2.44. The minimum atomic E-state index is -0.115. The second kappa shape index (κ2) is 5.85. The topological polar surface area (TPSA) is 17.1 Å². The first kappa shape index (κ1) is 12.9. The molecule has 0 aliphatic heterocycles. The van der Waals surface area contributed by atoms with Crippen molar-refractivity contribution in [2.45, 2.75) is 0 Å². The molecule has 18 heavy (non-hydrogen) atoms. The molecule has 2 aromatic rings. The largest absolute Gasteiger partial charge is 0.289 e. The van der Waals surface area contributed by atoms with Gasteiger partial charge in [0.25, 0.3) is 0 Å². The van der Waals surface area contributed by atoms with Crippen LogP contribution in [0.5, 0.6) is 0 Å². The molecular weight excluding hydrogens is 267 g/mol. The average molecular weight is 277 g/mol. The Morgan fingerprint density at radius 1 is 0.944 bits per heavy atom. The van der Waals surface area contributed by atoms with Crippen molar-refractivity contribution in [2.24, 2.45) is 0 Å². The number of hydrogen-bond acceptors (Lipinski definition) is 1. The fourth-order valence-corrected chi connectivity index (χ4v) is 1.85. The number of carbonyl (C=O) groups excluding carboxylic acids is 1. The van der Waals surface area contributed by atoms with Crippen LogP contribution in [0, 0.1) is 0 Å². The van der Waals surface area contributed by atoms with Crippen molar-refractivity contribution in [1.29, 1.82) is 0 Å². The number of rotatable bonds is 3. The first-order valence-corrected chi connectivity index (χ1v) is 6.15. The number of benzene rings is 2. The van der Waals surface area contributed by atoms with Gasteiger partial charge >= 0.3 is 0 Å². The number of hydrogen-bond donors (Lipinski definition) is 0. The molecule has 0 saturated heterocycles. The van der Waals surface area contributed by atoms with E-state index in [0.717, 1.165) is 5.56 Å². The van der Waals surface area contributed by atoms with Crippen molar-refractivity contribution in [3.05, 3.63) is 75.8 Å². The van der Waals surface area contributed by atoms with Crippen LogP contribution < -0.4 is 0 Å². The van der Waals surface area contributed by atoms with E-state index in [-0.39, 0.29) is 5.78 Å². The molecule has 0 fully saturated rings. The van der Waals surface area contributed by atoms with Crippen molar-refractivity contribution in [3.63, 3.8) is 0 Å². The Balaban J connectivity index is 2.17. The molecule has 0 aliphatic rings. The fraction of sp³-hybridized carbons (Fsp3) is 0. The van der Waals surface area contributed by atoms with Crippen molar-refractivity contribution in [1.82, 2.24) is 0 Å². The van der Waals surface area contributed by atoms with E-state index in [1.807, 2.05) is 12.1 Å². The molecule has 0 amide bonds. The number of allylic oxidation sites excluding steroid dienone is 1. The molecule has 0 unspecified atom stereocenters. The van der Waals surface area contributed by atoms with Crippen molar-refractivity contribution in [2.75, 3.05) is 0 Å². The molecule has 0 heterocycles. The van der Waals surface area contributed by atoms with Crippen LogP contribution in [-0.2, 0) is 0 Å². The molecule has 0 atom stereocenters. The zero-order chi connectivity index (χ0) is 13.0. The lowest BCUT2D eigenvalue weighted by molar-refractivity contribution is 0.104. The maximum atomic E-state index is 11.9. The molecule has 2 aromatic carbocycles. The summed E-state index contributed by atoms with van der Waals surface area (Å²) in [4.78, 5) is 11.9. The summed E-state index contributed by atoms with van der Waals surface area (Å²) in [6, 6.07) is 14.2. The third kappa shape index (κ3) is 3.22. The first-order valence-electron chi connectivity index (χ1n) is 5.39. The summed E-state index contributed by atoms with van der Waals surface area (Å²) in [6.45, 7) is 0. The minimum Gasteiger partial charge on any atom is -0.289 e. The number of carbonyl (C=O) groups is 1. The molecule has 0 radical (unpaired) electrons. The Morgan fingerprint density at radius 3 is 2.28 bits per heavy atom. The highest BCUT2D eigenvalue weighted by molar-refractivity contribution is 6.34. The van der Waals surface area contributed by atoms with Gasteiger partial charge in [0.1, 0.15) is 0 Å². The predicted molar refractivity (Wildman–Crippen MR) is 76.3 cm³/mol. The van der Waals surface area contributed by atoms with Gasteiger partial charge in [0.15, 0.2) is 5.78 Å². The van der Waals surface area contributed by atoms with Crippen LogP contribution in [0.2, 0.25) is 10.0 Å². The van der Waals surface area contributed by atoms with Crippen LogP contribution in [0.1, 0.15) is 15.9 Å². The van der Waals surface area contributed by atoms with Crippen molar-refractivity contribution < 1.29 is 4.79 Å². The van der Waals surface area contributed by atoms with E-state index in [9.17, 15) is 4.79 Å². The highest BCUT2D eigenvalue weighted by Crippen LogP contribution is 2.17. The lowest BCUT2D eigenvalue weighted by Crippen LogP contribution is -1.94. The Bertz CT molecular complexity index is 586. The Kier molecular flexibility index (Phi) is 4.19. The highest BCUT2D eigenvalue weighted by Gasteiger charge is 2.05. The van der Waals surface area contributed by atoms with E-state index < -0.39 is 0 Å². The van der Waals surface area contributed by atoms with Crippen molar-refractivity contribution >= 4 is 35.1 Å². The van der Waals surface area contributed by atoms with E-state index in [1.165, 1.54) is 6.08 Å². The normalized spacial score (nSPS) is 10.8. The van der Waals surface area contributed by atoms with Gasteiger partial charge in [-0.2, -0.15) is 0 Å². The molecule has 3 heteroatoms. The molecule has 0 saturated carbocycles. The summed E-state index contributed by atoms with van der Waals surface area (Å²) in [5, 5.41) is 1.13. The third-order valence-corrected chi connectivity index (χ3v) is 3.02. The van der Waals surface area contributed by atoms with Gasteiger partial charge in [0.2, 0.25) is 0 Å². The smallest absolute Gasteiger partial charge is 0.187 e. The summed E-state index contributed by atoms with van der Waals surface area (Å²) in [7, 11) is 0. The summed E-state index contributed by atoms with van der Waals surface area (Å²) in [5.41, 5.74) is 1.42. The monoisotopic (exact) mass is 276 g/mol. The van der Waals surface area contributed by atoms with E-state index in [4.69, 9.17) is 23.2 Å². The van der Waals surface area contributed by atoms with Gasteiger partial charge in [-0.15, -0.1) is 0 Å². The maximum absolute atomic E-state index is 11.9. The molecular formula is C15H10Cl2O. The van der Waals surface area contributed by atoms with E-state index >= 15 is 0 Å². The standard InChI is InChI=1S/C15H10Cl2O/c16-12-8-5-11(6-9-12)7-10-15(18)13-3-1-2-4-14(13)17/h1-10H/b10-7+. The second-order valence-electron chi connectivity index (χ2n) is 3.73. The van der Waals surface area contributed by atoms with Gasteiger partial charge < -0.3 is 0 Å². The highest BCUT2D eigenvalue weighted by atomic mass is 35.5. The lowest BCUT2D eigenvalue weighted by Gasteiger charge is -1.98. The average Bonchev–Trinajstić information content (AvgIpc) is 2.38. The van der Waals surface area contributed by atoms with E-state index in [2.05, 4.69) is 0 Å². The van der Waals surface area contributed by atoms with Crippen LogP contribution in [-0.4, -0.2) is 5.78 Å². The van der Waals surface area contributed by atoms with Gasteiger partial charge in [-0.25, -0.2) is 0 Å². The summed E-state index contributed by atoms with van der Waals surface area (Å²) >= 11 is 11.7. The molecule has 1 nitrogen and oxygen atoms in total. The lowest BCUT2D eigenvalue weighted by atomic mass is 10.1. The quantitative estimate of drug-likeness (QED) is 0.576. The fourth-order valence-electron chi connectivity index (χ4n) is 1.50. The molecule has 0 N–H and O–H groups in total. The van der Waals surface area contributed by atoms with Crippen molar-refractivity contribution in [3.8, 4) is 0 Å². The maximum Gasteiger partial charge on any atom is 0.187 e. The van der Waals surface area contributed by atoms with Crippen LogP contribution in [0.3, 0.4) is 0 Å². The van der Waals surface area contributed by atoms with Crippen LogP contribution in [0.4, 0.5) is 0 Å². The van der Waals surface area contributed by atoms with E-state index in [1.54, 1.807) is 42.5 Å². The van der Waals surface area contributed by atoms with Gasteiger partial charge in [-0.3, -0.25) is 4.79 Å². The molecule has 0 spiro atoms. The molecule has 0 aliphatic carbocycles.